The van der Waals surface area contributed by atoms with Crippen molar-refractivity contribution >= 4 is 23.2 Å². The van der Waals surface area contributed by atoms with Crippen LogP contribution in [0.5, 0.6) is 0 Å². The molecule has 2 rings (SSSR count). The molecule has 0 aliphatic carbocycles. The van der Waals surface area contributed by atoms with E-state index in [4.69, 9.17) is 11.6 Å². The van der Waals surface area contributed by atoms with Gasteiger partial charge in [0.05, 0.1) is 0 Å². The van der Waals surface area contributed by atoms with Crippen LogP contribution >= 0.6 is 11.6 Å². The number of hydrogen-bond donors (Lipinski definition) is 0. The van der Waals surface area contributed by atoms with Gasteiger partial charge in [-0.2, -0.15) is 32.8 Å². The van der Waals surface area contributed by atoms with Gasteiger partial charge >= 0.3 is 6.18 Å². The number of aromatic nitrogens is 4. The zero-order valence-corrected chi connectivity index (χ0v) is 9.37. The molecule has 92 valence electrons. The average molecular weight is 266 g/mol. The molecule has 0 aliphatic heterocycles. The summed E-state index contributed by atoms with van der Waals surface area (Å²) in [5.74, 6) is 0.330. The number of anilines is 1. The van der Waals surface area contributed by atoms with Crippen LogP contribution in [-0.2, 0) is 0 Å². The Hall–Kier alpha value is -1.57. The topological polar surface area (TPSA) is 46.3 Å². The van der Waals surface area contributed by atoms with E-state index in [1.165, 1.54) is 24.0 Å². The summed E-state index contributed by atoms with van der Waals surface area (Å²) < 4.78 is 38.0. The Morgan fingerprint density at radius 3 is 2.82 bits per heavy atom. The van der Waals surface area contributed by atoms with Gasteiger partial charge in [0.2, 0.25) is 0 Å². The minimum Gasteiger partial charge on any atom is -0.350 e. The van der Waals surface area contributed by atoms with Crippen LogP contribution in [0.25, 0.3) is 5.78 Å². The maximum absolute atomic E-state index is 12.3. The predicted molar refractivity (Wildman–Crippen MR) is 55.1 cm³/mol. The molecule has 2 aromatic rings. The monoisotopic (exact) mass is 265 g/mol. The van der Waals surface area contributed by atoms with Crippen molar-refractivity contribution < 1.29 is 13.2 Å². The summed E-state index contributed by atoms with van der Waals surface area (Å²) in [7, 11) is 1.29. The molecule has 0 N–H and O–H groups in total. The van der Waals surface area contributed by atoms with Crippen molar-refractivity contribution in [3.63, 3.8) is 0 Å². The second kappa shape index (κ2) is 4.02. The summed E-state index contributed by atoms with van der Waals surface area (Å²) >= 11 is 5.70. The maximum Gasteiger partial charge on any atom is 0.405 e. The molecule has 0 fully saturated rings. The Labute approximate surface area is 98.8 Å². The SMILES string of the molecule is CN(CC(F)(F)F)c1cc(Cl)nc2ncnn12. The number of rotatable bonds is 2. The molecule has 0 spiro atoms. The van der Waals surface area contributed by atoms with E-state index in [0.29, 0.717) is 0 Å². The van der Waals surface area contributed by atoms with Gasteiger partial charge in [-0.25, -0.2) is 0 Å². The third-order valence-electron chi connectivity index (χ3n) is 2.01. The van der Waals surface area contributed by atoms with Gasteiger partial charge in [0.1, 0.15) is 23.8 Å². The zero-order valence-electron chi connectivity index (χ0n) is 8.61. The first-order chi connectivity index (χ1) is 7.87. The molecular formula is C8H7ClF3N5. The summed E-state index contributed by atoms with van der Waals surface area (Å²) in [5, 5.41) is 3.85. The minimum absolute atomic E-state index is 0.0644. The van der Waals surface area contributed by atoms with Crippen molar-refractivity contribution in [3.8, 4) is 0 Å². The van der Waals surface area contributed by atoms with Crippen molar-refractivity contribution in [1.29, 1.82) is 0 Å². The molecule has 0 radical (unpaired) electrons. The number of alkyl halides is 3. The molecule has 0 saturated heterocycles. The molecule has 0 bridgehead atoms. The van der Waals surface area contributed by atoms with Crippen molar-refractivity contribution in [2.45, 2.75) is 6.18 Å². The first-order valence-corrected chi connectivity index (χ1v) is 4.89. The normalized spacial score (nSPS) is 12.1. The molecular weight excluding hydrogens is 259 g/mol. The van der Waals surface area contributed by atoms with Crippen molar-refractivity contribution in [2.75, 3.05) is 18.5 Å². The fraction of sp³-hybridized carbons (Fsp3) is 0.375. The molecule has 0 atom stereocenters. The second-order valence-corrected chi connectivity index (χ2v) is 3.77. The van der Waals surface area contributed by atoms with E-state index >= 15 is 0 Å². The molecule has 0 unspecified atom stereocenters. The highest BCUT2D eigenvalue weighted by molar-refractivity contribution is 6.29. The highest BCUT2D eigenvalue weighted by atomic mass is 35.5. The lowest BCUT2D eigenvalue weighted by molar-refractivity contribution is -0.119. The third-order valence-corrected chi connectivity index (χ3v) is 2.20. The van der Waals surface area contributed by atoms with Crippen LogP contribution in [0.2, 0.25) is 5.15 Å². The molecule has 0 saturated carbocycles. The van der Waals surface area contributed by atoms with E-state index in [1.807, 2.05) is 0 Å². The predicted octanol–water partition coefficient (Wildman–Crippen LogP) is 1.78. The number of halogens is 4. The summed E-state index contributed by atoms with van der Waals surface area (Å²) in [4.78, 5) is 8.57. The molecule has 0 aromatic carbocycles. The van der Waals surface area contributed by atoms with Crippen LogP contribution in [0.3, 0.4) is 0 Å². The molecule has 17 heavy (non-hydrogen) atoms. The Morgan fingerprint density at radius 1 is 1.47 bits per heavy atom. The summed E-state index contributed by atoms with van der Waals surface area (Å²) in [6.07, 6.45) is -3.11. The Morgan fingerprint density at radius 2 is 2.18 bits per heavy atom. The molecule has 5 nitrogen and oxygen atoms in total. The van der Waals surface area contributed by atoms with Gasteiger partial charge in [-0.3, -0.25) is 0 Å². The van der Waals surface area contributed by atoms with E-state index in [-0.39, 0.29) is 16.7 Å². The Bertz CT molecular complexity index is 537. The van der Waals surface area contributed by atoms with E-state index in [9.17, 15) is 13.2 Å². The lowest BCUT2D eigenvalue weighted by atomic mass is 10.5. The lowest BCUT2D eigenvalue weighted by Gasteiger charge is -2.20. The second-order valence-electron chi connectivity index (χ2n) is 3.38. The van der Waals surface area contributed by atoms with Gasteiger partial charge in [0, 0.05) is 13.1 Å². The van der Waals surface area contributed by atoms with Gasteiger partial charge in [0.15, 0.2) is 0 Å². The van der Waals surface area contributed by atoms with Crippen LogP contribution in [0.4, 0.5) is 19.0 Å². The number of fused-ring (bicyclic) bond motifs is 1. The molecule has 0 amide bonds. The first-order valence-electron chi connectivity index (χ1n) is 4.51. The highest BCUT2D eigenvalue weighted by Crippen LogP contribution is 2.22. The van der Waals surface area contributed by atoms with Crippen LogP contribution in [-0.4, -0.2) is 39.4 Å². The zero-order chi connectivity index (χ0) is 12.6. The van der Waals surface area contributed by atoms with Crippen LogP contribution in [0.1, 0.15) is 0 Å². The van der Waals surface area contributed by atoms with E-state index in [2.05, 4.69) is 15.1 Å². The van der Waals surface area contributed by atoms with Crippen molar-refractivity contribution in [2.24, 2.45) is 0 Å². The van der Waals surface area contributed by atoms with Gasteiger partial charge < -0.3 is 4.90 Å². The highest BCUT2D eigenvalue weighted by Gasteiger charge is 2.30. The largest absolute Gasteiger partial charge is 0.405 e. The van der Waals surface area contributed by atoms with Gasteiger partial charge in [0.25, 0.3) is 5.78 Å². The maximum atomic E-state index is 12.3. The average Bonchev–Trinajstić information content (AvgIpc) is 2.60. The lowest BCUT2D eigenvalue weighted by Crippen LogP contribution is -2.32. The Balaban J connectivity index is 2.43. The van der Waals surface area contributed by atoms with Gasteiger partial charge in [-0.15, -0.1) is 0 Å². The fourth-order valence-electron chi connectivity index (χ4n) is 1.39. The minimum atomic E-state index is -4.31. The summed E-state index contributed by atoms with van der Waals surface area (Å²) in [5.41, 5.74) is 0. The molecule has 2 heterocycles. The summed E-state index contributed by atoms with van der Waals surface area (Å²) in [6, 6.07) is 1.30. The molecule has 0 aliphatic rings. The van der Waals surface area contributed by atoms with E-state index < -0.39 is 12.7 Å². The summed E-state index contributed by atoms with van der Waals surface area (Å²) in [6.45, 7) is -1.11. The van der Waals surface area contributed by atoms with Crippen molar-refractivity contribution in [1.82, 2.24) is 19.6 Å². The van der Waals surface area contributed by atoms with Crippen LogP contribution in [0.15, 0.2) is 12.4 Å². The first kappa shape index (κ1) is 11.9. The fourth-order valence-corrected chi connectivity index (χ4v) is 1.56. The Kier molecular flexibility index (Phi) is 2.82. The number of nitrogens with zero attached hydrogens (tertiary/aromatic N) is 5. The van der Waals surface area contributed by atoms with Gasteiger partial charge in [-0.1, -0.05) is 11.6 Å². The standard InChI is InChI=1S/C8H7ClF3N5/c1-16(3-8(10,11)12)6-2-5(9)15-7-13-4-14-17(6)7/h2,4H,3H2,1H3. The molecule has 2 aromatic heterocycles. The van der Waals surface area contributed by atoms with E-state index in [0.717, 1.165) is 4.90 Å². The van der Waals surface area contributed by atoms with Crippen molar-refractivity contribution in [3.05, 3.63) is 17.5 Å². The third kappa shape index (κ3) is 2.57. The quantitative estimate of drug-likeness (QED) is 0.777. The van der Waals surface area contributed by atoms with Crippen LogP contribution in [0, 0.1) is 0 Å². The van der Waals surface area contributed by atoms with Gasteiger partial charge in [-0.05, 0) is 0 Å². The molecule has 9 heteroatoms. The van der Waals surface area contributed by atoms with E-state index in [1.54, 1.807) is 0 Å². The smallest absolute Gasteiger partial charge is 0.350 e. The number of hydrogen-bond acceptors (Lipinski definition) is 4. The van der Waals surface area contributed by atoms with Crippen LogP contribution < -0.4 is 4.90 Å².